The Balaban J connectivity index is 0. The fraction of sp³-hybridized carbons (Fsp3) is 1.00. The van der Waals surface area contributed by atoms with Crippen LogP contribution in [0.1, 0.15) is 33.1 Å². The van der Waals surface area contributed by atoms with Gasteiger partial charge in [0.25, 0.3) is 0 Å². The lowest BCUT2D eigenvalue weighted by Crippen LogP contribution is -2.35. The highest BCUT2D eigenvalue weighted by Crippen LogP contribution is 2.12. The third-order valence-electron chi connectivity index (χ3n) is 2.27. The molecule has 0 atom stereocenters. The van der Waals surface area contributed by atoms with Crippen molar-refractivity contribution < 1.29 is 13.3 Å². The molecule has 0 amide bonds. The van der Waals surface area contributed by atoms with Crippen LogP contribution in [-0.4, -0.2) is 39.9 Å². The Morgan fingerprint density at radius 2 is 1.60 bits per heavy atom. The molecule has 0 aliphatic carbocycles. The standard InChI is InChI=1S/C6H16O2Si.C4H12OSi/c1-5-6-9(4,7-2)8-3;1-2-3-4-5-6/h5-6H2,1-4H3;2-4H2,1,6H3. The minimum atomic E-state index is -1.70. The highest BCUT2D eigenvalue weighted by molar-refractivity contribution is 6.65. The van der Waals surface area contributed by atoms with Crippen LogP contribution in [0.5, 0.6) is 0 Å². The molecular weight excluding hydrogens is 224 g/mol. The molecule has 0 aliphatic rings. The van der Waals surface area contributed by atoms with E-state index in [0.29, 0.717) is 0 Å². The number of unbranched alkanes of at least 4 members (excludes halogenated alkanes) is 1. The van der Waals surface area contributed by atoms with E-state index in [1.165, 1.54) is 12.8 Å². The van der Waals surface area contributed by atoms with E-state index in [2.05, 4.69) is 20.4 Å². The summed E-state index contributed by atoms with van der Waals surface area (Å²) in [5.74, 6) is 0. The molecule has 0 aromatic rings. The summed E-state index contributed by atoms with van der Waals surface area (Å²) in [7, 11) is 2.66. The normalized spacial score (nSPS) is 11.0. The SMILES string of the molecule is CCCCO[SiH3].CCC[Si](C)(OC)OC. The van der Waals surface area contributed by atoms with Crippen molar-refractivity contribution in [3.8, 4) is 0 Å². The average molecular weight is 253 g/mol. The van der Waals surface area contributed by atoms with Gasteiger partial charge in [0.2, 0.25) is 0 Å². The van der Waals surface area contributed by atoms with Crippen molar-refractivity contribution in [2.24, 2.45) is 0 Å². The number of hydrogen-bond donors (Lipinski definition) is 0. The summed E-state index contributed by atoms with van der Waals surface area (Å²) in [5.41, 5.74) is 0. The molecule has 5 heteroatoms. The van der Waals surface area contributed by atoms with Gasteiger partial charge in [-0.05, 0) is 19.0 Å². The van der Waals surface area contributed by atoms with E-state index in [9.17, 15) is 0 Å². The molecule has 0 rings (SSSR count). The van der Waals surface area contributed by atoms with E-state index in [1.54, 1.807) is 14.2 Å². The van der Waals surface area contributed by atoms with Gasteiger partial charge in [-0.2, -0.15) is 0 Å². The summed E-state index contributed by atoms with van der Waals surface area (Å²) in [6.07, 6.45) is 3.62. The molecular formula is C10H28O3Si2. The molecule has 0 fully saturated rings. The van der Waals surface area contributed by atoms with Gasteiger partial charge in [-0.25, -0.2) is 0 Å². The van der Waals surface area contributed by atoms with Gasteiger partial charge in [0.1, 0.15) is 10.5 Å². The molecule has 0 aromatic carbocycles. The zero-order chi connectivity index (χ0) is 12.2. The number of rotatable bonds is 7. The Morgan fingerprint density at radius 1 is 1.07 bits per heavy atom. The third-order valence-corrected chi connectivity index (χ3v) is 5.81. The Morgan fingerprint density at radius 3 is 1.73 bits per heavy atom. The minimum absolute atomic E-state index is 0.903. The van der Waals surface area contributed by atoms with Crippen LogP contribution in [0.25, 0.3) is 0 Å². The second kappa shape index (κ2) is 12.4. The zero-order valence-corrected chi connectivity index (χ0v) is 14.3. The topological polar surface area (TPSA) is 27.7 Å². The van der Waals surface area contributed by atoms with E-state index in [1.807, 2.05) is 0 Å². The van der Waals surface area contributed by atoms with Crippen molar-refractivity contribution in [2.45, 2.75) is 45.7 Å². The predicted octanol–water partition coefficient (Wildman–Crippen LogP) is 1.84. The molecule has 0 saturated carbocycles. The summed E-state index contributed by atoms with van der Waals surface area (Å²) >= 11 is 0. The van der Waals surface area contributed by atoms with Gasteiger partial charge < -0.3 is 13.3 Å². The molecule has 15 heavy (non-hydrogen) atoms. The Bertz CT molecular complexity index is 115. The van der Waals surface area contributed by atoms with Crippen LogP contribution >= 0.6 is 0 Å². The Kier molecular flexibility index (Phi) is 14.6. The van der Waals surface area contributed by atoms with Gasteiger partial charge in [0.15, 0.2) is 0 Å². The van der Waals surface area contributed by atoms with E-state index in [0.717, 1.165) is 29.6 Å². The van der Waals surface area contributed by atoms with E-state index < -0.39 is 8.56 Å². The van der Waals surface area contributed by atoms with Gasteiger partial charge in [0, 0.05) is 20.8 Å². The van der Waals surface area contributed by atoms with Crippen LogP contribution in [0.3, 0.4) is 0 Å². The summed E-state index contributed by atoms with van der Waals surface area (Å²) in [4.78, 5) is 0. The van der Waals surface area contributed by atoms with Crippen molar-refractivity contribution in [2.75, 3.05) is 20.8 Å². The van der Waals surface area contributed by atoms with Crippen molar-refractivity contribution in [1.29, 1.82) is 0 Å². The monoisotopic (exact) mass is 252 g/mol. The second-order valence-corrected chi connectivity index (χ2v) is 7.80. The van der Waals surface area contributed by atoms with Crippen molar-refractivity contribution in [3.05, 3.63) is 0 Å². The fourth-order valence-electron chi connectivity index (χ4n) is 1.03. The van der Waals surface area contributed by atoms with Crippen LogP contribution in [0.2, 0.25) is 12.6 Å². The van der Waals surface area contributed by atoms with Gasteiger partial charge in [-0.15, -0.1) is 0 Å². The first-order chi connectivity index (χ1) is 7.10. The van der Waals surface area contributed by atoms with Crippen LogP contribution in [-0.2, 0) is 13.3 Å². The lowest BCUT2D eigenvalue weighted by Gasteiger charge is -2.21. The van der Waals surface area contributed by atoms with Crippen LogP contribution in [0.15, 0.2) is 0 Å². The molecule has 0 unspecified atom stereocenters. The quantitative estimate of drug-likeness (QED) is 0.511. The minimum Gasteiger partial charge on any atom is -0.428 e. The molecule has 0 spiro atoms. The molecule has 94 valence electrons. The summed E-state index contributed by atoms with van der Waals surface area (Å²) in [6, 6.07) is 1.08. The number of hydrogen-bond acceptors (Lipinski definition) is 3. The molecule has 0 radical (unpaired) electrons. The van der Waals surface area contributed by atoms with Crippen molar-refractivity contribution in [3.63, 3.8) is 0 Å². The molecule has 0 N–H and O–H groups in total. The van der Waals surface area contributed by atoms with Crippen LogP contribution in [0, 0.1) is 0 Å². The molecule has 0 bridgehead atoms. The van der Waals surface area contributed by atoms with Crippen molar-refractivity contribution >= 4 is 19.0 Å². The highest BCUT2D eigenvalue weighted by atomic mass is 28.4. The van der Waals surface area contributed by atoms with Gasteiger partial charge in [-0.3, -0.25) is 0 Å². The first-order valence-corrected chi connectivity index (χ1v) is 9.03. The molecule has 0 heterocycles. The summed E-state index contributed by atoms with van der Waals surface area (Å²) in [6.45, 7) is 7.36. The summed E-state index contributed by atoms with van der Waals surface area (Å²) < 4.78 is 15.4. The highest BCUT2D eigenvalue weighted by Gasteiger charge is 2.26. The smallest absolute Gasteiger partial charge is 0.334 e. The largest absolute Gasteiger partial charge is 0.428 e. The Labute approximate surface area is 99.3 Å². The first-order valence-electron chi connectivity index (χ1n) is 5.69. The lowest BCUT2D eigenvalue weighted by atomic mass is 10.4. The fourth-order valence-corrected chi connectivity index (χ4v) is 2.80. The molecule has 3 nitrogen and oxygen atoms in total. The van der Waals surface area contributed by atoms with Gasteiger partial charge in [-0.1, -0.05) is 26.7 Å². The third kappa shape index (κ3) is 12.2. The maximum absolute atomic E-state index is 5.24. The van der Waals surface area contributed by atoms with Crippen molar-refractivity contribution in [1.82, 2.24) is 0 Å². The Hall–Kier alpha value is 0.314. The predicted molar refractivity (Wildman–Crippen MR) is 71.5 cm³/mol. The van der Waals surface area contributed by atoms with Gasteiger partial charge >= 0.3 is 8.56 Å². The molecule has 0 aliphatic heterocycles. The summed E-state index contributed by atoms with van der Waals surface area (Å²) in [5, 5.41) is 0. The maximum atomic E-state index is 5.24. The molecule has 0 saturated heterocycles. The van der Waals surface area contributed by atoms with Crippen LogP contribution in [0.4, 0.5) is 0 Å². The van der Waals surface area contributed by atoms with E-state index in [-0.39, 0.29) is 0 Å². The second-order valence-electron chi connectivity index (χ2n) is 3.64. The van der Waals surface area contributed by atoms with E-state index in [4.69, 9.17) is 13.3 Å². The van der Waals surface area contributed by atoms with E-state index >= 15 is 0 Å². The van der Waals surface area contributed by atoms with Gasteiger partial charge in [0.05, 0.1) is 0 Å². The molecule has 0 aromatic heterocycles. The zero-order valence-electron chi connectivity index (χ0n) is 11.3. The lowest BCUT2D eigenvalue weighted by molar-refractivity contribution is 0.249. The average Bonchev–Trinajstić information content (AvgIpc) is 2.27. The van der Waals surface area contributed by atoms with Crippen LogP contribution < -0.4 is 0 Å². The first kappa shape index (κ1) is 17.7. The maximum Gasteiger partial charge on any atom is 0.334 e.